The summed E-state index contributed by atoms with van der Waals surface area (Å²) in [5, 5.41) is 9.27. The number of methoxy groups -OCH3 is 1. The number of nitrogens with one attached hydrogen (secondary N) is 1. The van der Waals surface area contributed by atoms with E-state index in [0.717, 1.165) is 29.7 Å². The number of nitrogens with zero attached hydrogens (tertiary/aromatic N) is 3. The minimum absolute atomic E-state index is 0.267. The average Bonchev–Trinajstić information content (AvgIpc) is 3.29. The van der Waals surface area contributed by atoms with Crippen LogP contribution in [0.3, 0.4) is 0 Å². The summed E-state index contributed by atoms with van der Waals surface area (Å²) in [7, 11) is 1.58. The highest BCUT2D eigenvalue weighted by atomic mass is 35.5. The zero-order valence-electron chi connectivity index (χ0n) is 21.4. The molecule has 0 bridgehead atoms. The quantitative estimate of drug-likeness (QED) is 0.172. The summed E-state index contributed by atoms with van der Waals surface area (Å²) in [4.78, 5) is 17.7. The van der Waals surface area contributed by atoms with Gasteiger partial charge < -0.3 is 19.5 Å². The van der Waals surface area contributed by atoms with Crippen LogP contribution in [0.15, 0.2) is 58.9 Å². The van der Waals surface area contributed by atoms with Crippen LogP contribution < -0.4 is 14.8 Å². The van der Waals surface area contributed by atoms with E-state index in [1.807, 2.05) is 49.4 Å². The van der Waals surface area contributed by atoms with E-state index in [4.69, 9.17) is 30.9 Å². The van der Waals surface area contributed by atoms with Crippen molar-refractivity contribution in [3.63, 3.8) is 0 Å². The molecule has 0 radical (unpaired) electrons. The SMILES string of the molecule is CCCCSc1nc2n(n1)C(c1ccc(OCc3ccccc3Cl)c(OC)c1)C(C(=O)OCC)=C(C)N2. The third-order valence-electron chi connectivity index (χ3n) is 5.90. The molecule has 196 valence electrons. The van der Waals surface area contributed by atoms with E-state index in [1.165, 1.54) is 0 Å². The number of hydrogen-bond donors (Lipinski definition) is 1. The number of unbranched alkanes of at least 4 members (excludes halogenated alkanes) is 1. The van der Waals surface area contributed by atoms with Gasteiger partial charge in [0.25, 0.3) is 0 Å². The Balaban J connectivity index is 1.69. The number of halogens is 1. The van der Waals surface area contributed by atoms with Crippen molar-refractivity contribution in [3.05, 3.63) is 69.9 Å². The van der Waals surface area contributed by atoms with Crippen molar-refractivity contribution >= 4 is 35.3 Å². The van der Waals surface area contributed by atoms with Crippen LogP contribution in [0, 0.1) is 0 Å². The monoisotopic (exact) mass is 542 g/mol. The van der Waals surface area contributed by atoms with Crippen molar-refractivity contribution in [2.75, 3.05) is 24.8 Å². The molecule has 1 atom stereocenters. The van der Waals surface area contributed by atoms with Gasteiger partial charge >= 0.3 is 5.97 Å². The fraction of sp³-hybridized carbons (Fsp3) is 0.370. The Morgan fingerprint density at radius 1 is 1.19 bits per heavy atom. The van der Waals surface area contributed by atoms with Crippen molar-refractivity contribution in [2.24, 2.45) is 0 Å². The van der Waals surface area contributed by atoms with Crippen molar-refractivity contribution in [1.82, 2.24) is 14.8 Å². The third-order valence-corrected chi connectivity index (χ3v) is 7.19. The van der Waals surface area contributed by atoms with Gasteiger partial charge in [-0.15, -0.1) is 5.10 Å². The normalized spacial score (nSPS) is 14.7. The van der Waals surface area contributed by atoms with Gasteiger partial charge in [-0.2, -0.15) is 4.98 Å². The zero-order valence-corrected chi connectivity index (χ0v) is 23.0. The summed E-state index contributed by atoms with van der Waals surface area (Å²) in [5.74, 6) is 2.19. The lowest BCUT2D eigenvalue weighted by Gasteiger charge is -2.28. The number of ether oxygens (including phenoxy) is 3. The van der Waals surface area contributed by atoms with Gasteiger partial charge in [0.15, 0.2) is 11.5 Å². The molecule has 0 spiro atoms. The Labute approximate surface area is 226 Å². The maximum absolute atomic E-state index is 13.1. The number of fused-ring (bicyclic) bond motifs is 1. The number of benzene rings is 2. The Morgan fingerprint density at radius 3 is 2.73 bits per heavy atom. The van der Waals surface area contributed by atoms with Gasteiger partial charge in [0, 0.05) is 22.0 Å². The summed E-state index contributed by atoms with van der Waals surface area (Å²) in [6.45, 7) is 6.35. The van der Waals surface area contributed by atoms with E-state index >= 15 is 0 Å². The molecule has 3 aromatic rings. The number of carbonyl (C=O) groups excluding carboxylic acids is 1. The van der Waals surface area contributed by atoms with E-state index in [0.29, 0.717) is 45.5 Å². The van der Waals surface area contributed by atoms with Crippen LogP contribution in [0.5, 0.6) is 11.5 Å². The second-order valence-electron chi connectivity index (χ2n) is 8.44. The Bertz CT molecular complexity index is 1290. The molecule has 1 aliphatic heterocycles. The second kappa shape index (κ2) is 12.4. The van der Waals surface area contributed by atoms with Crippen LogP contribution in [0.2, 0.25) is 5.02 Å². The highest BCUT2D eigenvalue weighted by molar-refractivity contribution is 7.99. The molecule has 1 N–H and O–H groups in total. The van der Waals surface area contributed by atoms with Crippen LogP contribution in [-0.4, -0.2) is 40.2 Å². The first-order valence-corrected chi connectivity index (χ1v) is 13.6. The molecule has 4 rings (SSSR count). The van der Waals surface area contributed by atoms with E-state index < -0.39 is 12.0 Å². The van der Waals surface area contributed by atoms with E-state index in [1.54, 1.807) is 30.5 Å². The van der Waals surface area contributed by atoms with Crippen LogP contribution in [0.4, 0.5) is 5.95 Å². The Morgan fingerprint density at radius 2 is 2.00 bits per heavy atom. The molecule has 1 aliphatic rings. The van der Waals surface area contributed by atoms with Gasteiger partial charge in [0.1, 0.15) is 12.6 Å². The molecule has 2 aromatic carbocycles. The molecule has 1 unspecified atom stereocenters. The second-order valence-corrected chi connectivity index (χ2v) is 9.91. The minimum Gasteiger partial charge on any atom is -0.493 e. The van der Waals surface area contributed by atoms with Crippen LogP contribution in [0.25, 0.3) is 0 Å². The molecular weight excluding hydrogens is 512 g/mol. The topological polar surface area (TPSA) is 87.5 Å². The standard InChI is InChI=1S/C27H31ClN4O4S/c1-5-7-14-37-27-30-26-29-17(3)23(25(33)35-6-2)24(32(26)31-27)18-12-13-21(22(15-18)34-4)36-16-19-10-8-9-11-20(19)28/h8-13,15,24H,5-7,14,16H2,1-4H3,(H,29,30,31). The van der Waals surface area contributed by atoms with Crippen LogP contribution in [-0.2, 0) is 16.1 Å². The van der Waals surface area contributed by atoms with Gasteiger partial charge in [-0.1, -0.05) is 61.0 Å². The molecule has 0 fully saturated rings. The number of rotatable bonds is 11. The van der Waals surface area contributed by atoms with Gasteiger partial charge in [-0.05, 0) is 44.0 Å². The predicted molar refractivity (Wildman–Crippen MR) is 146 cm³/mol. The lowest BCUT2D eigenvalue weighted by atomic mass is 9.95. The molecule has 0 amide bonds. The highest BCUT2D eigenvalue weighted by Crippen LogP contribution is 2.40. The molecule has 0 aliphatic carbocycles. The van der Waals surface area contributed by atoms with E-state index in [9.17, 15) is 4.79 Å². The summed E-state index contributed by atoms with van der Waals surface area (Å²) < 4.78 is 18.9. The molecule has 0 saturated carbocycles. The lowest BCUT2D eigenvalue weighted by molar-refractivity contribution is -0.139. The van der Waals surface area contributed by atoms with Gasteiger partial charge in [0.2, 0.25) is 11.1 Å². The molecule has 8 nitrogen and oxygen atoms in total. The number of esters is 1. The zero-order chi connectivity index (χ0) is 26.4. The fourth-order valence-corrected chi connectivity index (χ4v) is 5.13. The fourth-order valence-electron chi connectivity index (χ4n) is 4.03. The van der Waals surface area contributed by atoms with Crippen LogP contribution in [0.1, 0.15) is 50.8 Å². The molecule has 2 heterocycles. The predicted octanol–water partition coefficient (Wildman–Crippen LogP) is 6.26. The third kappa shape index (κ3) is 6.05. The Kier molecular flexibility index (Phi) is 9.00. The van der Waals surface area contributed by atoms with Crippen molar-refractivity contribution in [1.29, 1.82) is 0 Å². The first-order chi connectivity index (χ1) is 18.0. The van der Waals surface area contributed by atoms with E-state index in [2.05, 4.69) is 17.2 Å². The summed E-state index contributed by atoms with van der Waals surface area (Å²) in [5.41, 5.74) is 2.81. The molecule has 0 saturated heterocycles. The number of thioether (sulfide) groups is 1. The van der Waals surface area contributed by atoms with Crippen molar-refractivity contribution in [3.8, 4) is 11.5 Å². The summed E-state index contributed by atoms with van der Waals surface area (Å²) in [6.07, 6.45) is 2.17. The number of aromatic nitrogens is 3. The maximum atomic E-state index is 13.1. The average molecular weight is 543 g/mol. The van der Waals surface area contributed by atoms with Crippen molar-refractivity contribution in [2.45, 2.75) is 51.4 Å². The number of allylic oxidation sites excluding steroid dienone is 1. The van der Waals surface area contributed by atoms with E-state index in [-0.39, 0.29) is 6.61 Å². The summed E-state index contributed by atoms with van der Waals surface area (Å²) >= 11 is 7.88. The molecule has 10 heteroatoms. The first-order valence-electron chi connectivity index (χ1n) is 12.2. The van der Waals surface area contributed by atoms with Gasteiger partial charge in [0.05, 0.1) is 19.3 Å². The largest absolute Gasteiger partial charge is 0.493 e. The number of hydrogen-bond acceptors (Lipinski definition) is 8. The van der Waals surface area contributed by atoms with Gasteiger partial charge in [-0.3, -0.25) is 0 Å². The van der Waals surface area contributed by atoms with Crippen molar-refractivity contribution < 1.29 is 19.0 Å². The summed E-state index contributed by atoms with van der Waals surface area (Å²) in [6, 6.07) is 12.6. The van der Waals surface area contributed by atoms with Crippen LogP contribution >= 0.6 is 23.4 Å². The lowest BCUT2D eigenvalue weighted by Crippen LogP contribution is -2.29. The molecular formula is C27H31ClN4O4S. The minimum atomic E-state index is -0.546. The first kappa shape index (κ1) is 26.9. The smallest absolute Gasteiger partial charge is 0.338 e. The number of carbonyl (C=O) groups is 1. The molecule has 37 heavy (non-hydrogen) atoms. The highest BCUT2D eigenvalue weighted by Gasteiger charge is 2.35. The molecule has 1 aromatic heterocycles. The Hall–Kier alpha value is -3.17. The maximum Gasteiger partial charge on any atom is 0.338 e. The number of anilines is 1. The van der Waals surface area contributed by atoms with Gasteiger partial charge in [-0.25, -0.2) is 9.48 Å².